The molecule has 1 aliphatic carbocycles. The van der Waals surface area contributed by atoms with Crippen LogP contribution in [0.15, 0.2) is 65.6 Å². The third-order valence-corrected chi connectivity index (χ3v) is 5.95. The van der Waals surface area contributed by atoms with Gasteiger partial charge in [-0.15, -0.1) is 0 Å². The van der Waals surface area contributed by atoms with E-state index >= 15 is 0 Å². The molecule has 6 nitrogen and oxygen atoms in total. The standard InChI is InChI=1S/C25H26N4O2/c30-24(26-15-5-16-28-17-14-18-6-1-4-9-22(18)28)13-12-23-27-21-8-3-2-7-20(21)25(31)29(23)19-10-11-19/h1-4,6-9,14,17,19H,5,10-13,15-16H2,(H,26,30). The quantitative estimate of drug-likeness (QED) is 0.446. The molecule has 0 unspecified atom stereocenters. The first-order chi connectivity index (χ1) is 15.2. The van der Waals surface area contributed by atoms with Gasteiger partial charge in [-0.1, -0.05) is 30.3 Å². The maximum Gasteiger partial charge on any atom is 0.261 e. The van der Waals surface area contributed by atoms with Crippen molar-refractivity contribution in [3.05, 3.63) is 77.0 Å². The van der Waals surface area contributed by atoms with Crippen LogP contribution in [-0.4, -0.2) is 26.6 Å². The monoisotopic (exact) mass is 414 g/mol. The molecule has 0 spiro atoms. The Bertz CT molecular complexity index is 1300. The molecule has 1 N–H and O–H groups in total. The maximum atomic E-state index is 12.9. The summed E-state index contributed by atoms with van der Waals surface area (Å²) < 4.78 is 4.03. The van der Waals surface area contributed by atoms with Gasteiger partial charge in [-0.25, -0.2) is 4.98 Å². The zero-order valence-electron chi connectivity index (χ0n) is 17.5. The summed E-state index contributed by atoms with van der Waals surface area (Å²) in [5.74, 6) is 0.724. The van der Waals surface area contributed by atoms with Crippen molar-refractivity contribution in [1.29, 1.82) is 0 Å². The van der Waals surface area contributed by atoms with E-state index in [-0.39, 0.29) is 17.5 Å². The molecule has 0 saturated heterocycles. The van der Waals surface area contributed by atoms with Crippen LogP contribution < -0.4 is 10.9 Å². The van der Waals surface area contributed by atoms with Gasteiger partial charge in [0.25, 0.3) is 5.56 Å². The Balaban J connectivity index is 1.18. The van der Waals surface area contributed by atoms with Gasteiger partial charge in [0, 0.05) is 43.7 Å². The molecule has 1 amide bonds. The van der Waals surface area contributed by atoms with Crippen LogP contribution in [0.1, 0.15) is 37.5 Å². The summed E-state index contributed by atoms with van der Waals surface area (Å²) in [6.45, 7) is 1.49. The van der Waals surface area contributed by atoms with Crippen LogP contribution in [-0.2, 0) is 17.8 Å². The number of carbonyl (C=O) groups is 1. The maximum absolute atomic E-state index is 12.9. The van der Waals surface area contributed by atoms with E-state index in [9.17, 15) is 9.59 Å². The smallest absolute Gasteiger partial charge is 0.261 e. The van der Waals surface area contributed by atoms with Crippen molar-refractivity contribution in [2.45, 2.75) is 44.7 Å². The molecule has 0 bridgehead atoms. The Morgan fingerprint density at radius 2 is 1.87 bits per heavy atom. The number of hydrogen-bond donors (Lipinski definition) is 1. The number of para-hydroxylation sites is 2. The highest BCUT2D eigenvalue weighted by molar-refractivity contribution is 5.80. The number of nitrogens with one attached hydrogen (secondary N) is 1. The van der Waals surface area contributed by atoms with Crippen LogP contribution in [0, 0.1) is 0 Å². The van der Waals surface area contributed by atoms with Gasteiger partial charge in [0.15, 0.2) is 0 Å². The van der Waals surface area contributed by atoms with Gasteiger partial charge in [-0.3, -0.25) is 14.2 Å². The lowest BCUT2D eigenvalue weighted by Gasteiger charge is -2.13. The predicted octanol–water partition coefficient (Wildman–Crippen LogP) is 3.83. The molecule has 1 saturated carbocycles. The van der Waals surface area contributed by atoms with E-state index in [1.165, 1.54) is 10.9 Å². The highest BCUT2D eigenvalue weighted by Crippen LogP contribution is 2.34. The second-order valence-electron chi connectivity index (χ2n) is 8.22. The molecular weight excluding hydrogens is 388 g/mol. The first-order valence-electron chi connectivity index (χ1n) is 11.0. The number of fused-ring (bicyclic) bond motifs is 2. The first kappa shape index (κ1) is 19.5. The molecule has 0 aliphatic heterocycles. The van der Waals surface area contributed by atoms with Crippen LogP contribution in [0.2, 0.25) is 0 Å². The molecule has 2 aromatic carbocycles. The lowest BCUT2D eigenvalue weighted by Crippen LogP contribution is -2.28. The molecule has 2 heterocycles. The Hall–Kier alpha value is -3.41. The third-order valence-electron chi connectivity index (χ3n) is 5.95. The second kappa shape index (κ2) is 8.38. The van der Waals surface area contributed by atoms with Crippen LogP contribution in [0.3, 0.4) is 0 Å². The second-order valence-corrected chi connectivity index (χ2v) is 8.22. The van der Waals surface area contributed by atoms with Crippen LogP contribution in [0.5, 0.6) is 0 Å². The molecule has 1 aliphatic rings. The van der Waals surface area contributed by atoms with E-state index in [1.54, 1.807) is 0 Å². The lowest BCUT2D eigenvalue weighted by atomic mass is 10.2. The normalized spacial score (nSPS) is 13.7. The van der Waals surface area contributed by atoms with Gasteiger partial charge < -0.3 is 9.88 Å². The van der Waals surface area contributed by atoms with E-state index in [2.05, 4.69) is 34.3 Å². The number of benzene rings is 2. The van der Waals surface area contributed by atoms with Gasteiger partial charge in [-0.05, 0) is 48.9 Å². The topological polar surface area (TPSA) is 68.9 Å². The summed E-state index contributed by atoms with van der Waals surface area (Å²) in [5.41, 5.74) is 1.94. The van der Waals surface area contributed by atoms with E-state index in [4.69, 9.17) is 4.98 Å². The fraction of sp³-hybridized carbons (Fsp3) is 0.320. The van der Waals surface area contributed by atoms with Crippen LogP contribution >= 0.6 is 0 Å². The van der Waals surface area contributed by atoms with Crippen LogP contribution in [0.4, 0.5) is 0 Å². The molecule has 5 rings (SSSR count). The number of carbonyl (C=O) groups excluding carboxylic acids is 1. The molecule has 158 valence electrons. The number of aryl methyl sites for hydroxylation is 2. The van der Waals surface area contributed by atoms with E-state index in [1.807, 2.05) is 41.0 Å². The first-order valence-corrected chi connectivity index (χ1v) is 11.0. The van der Waals surface area contributed by atoms with Crippen molar-refractivity contribution in [3.63, 3.8) is 0 Å². The zero-order valence-corrected chi connectivity index (χ0v) is 17.5. The minimum atomic E-state index is 0.00196. The fourth-order valence-electron chi connectivity index (χ4n) is 4.20. The summed E-state index contributed by atoms with van der Waals surface area (Å²) in [4.78, 5) is 30.0. The third kappa shape index (κ3) is 4.10. The Morgan fingerprint density at radius 3 is 2.74 bits per heavy atom. The minimum absolute atomic E-state index is 0.00196. The van der Waals surface area contributed by atoms with Gasteiger partial charge >= 0.3 is 0 Å². The van der Waals surface area contributed by atoms with Crippen molar-refractivity contribution in [2.75, 3.05) is 6.54 Å². The molecule has 4 aromatic rings. The van der Waals surface area contributed by atoms with E-state index < -0.39 is 0 Å². The van der Waals surface area contributed by atoms with Gasteiger partial charge in [0.1, 0.15) is 5.82 Å². The van der Waals surface area contributed by atoms with Crippen LogP contribution in [0.25, 0.3) is 21.8 Å². The Labute approximate surface area is 180 Å². The largest absolute Gasteiger partial charge is 0.356 e. The number of amides is 1. The Kier molecular flexibility index (Phi) is 5.28. The van der Waals surface area contributed by atoms with Crippen molar-refractivity contribution in [3.8, 4) is 0 Å². The molecule has 6 heteroatoms. The molecular formula is C25H26N4O2. The molecule has 0 radical (unpaired) electrons. The molecule has 0 atom stereocenters. The van der Waals surface area contributed by atoms with E-state index in [0.29, 0.717) is 30.3 Å². The minimum Gasteiger partial charge on any atom is -0.356 e. The molecule has 31 heavy (non-hydrogen) atoms. The lowest BCUT2D eigenvalue weighted by molar-refractivity contribution is -0.121. The summed E-state index contributed by atoms with van der Waals surface area (Å²) in [7, 11) is 0. The molecule has 2 aromatic heterocycles. The summed E-state index contributed by atoms with van der Waals surface area (Å²) >= 11 is 0. The number of nitrogens with zero attached hydrogens (tertiary/aromatic N) is 3. The van der Waals surface area contributed by atoms with Gasteiger partial charge in [0.2, 0.25) is 5.91 Å². The highest BCUT2D eigenvalue weighted by Gasteiger charge is 2.28. The zero-order chi connectivity index (χ0) is 21.2. The molecule has 1 fully saturated rings. The Morgan fingerprint density at radius 1 is 1.06 bits per heavy atom. The van der Waals surface area contributed by atoms with Crippen molar-refractivity contribution in [2.24, 2.45) is 0 Å². The highest BCUT2D eigenvalue weighted by atomic mass is 16.1. The SMILES string of the molecule is O=C(CCc1nc2ccccc2c(=O)n1C1CC1)NCCCn1ccc2ccccc21. The van der Waals surface area contributed by atoms with Gasteiger partial charge in [0.05, 0.1) is 10.9 Å². The predicted molar refractivity (Wildman–Crippen MR) is 122 cm³/mol. The number of aromatic nitrogens is 3. The summed E-state index contributed by atoms with van der Waals surface area (Å²) in [6, 6.07) is 18.1. The van der Waals surface area contributed by atoms with Crippen molar-refractivity contribution >= 4 is 27.7 Å². The number of hydrogen-bond acceptors (Lipinski definition) is 3. The number of rotatable bonds is 8. The average molecular weight is 415 g/mol. The fourth-order valence-corrected chi connectivity index (χ4v) is 4.20. The summed E-state index contributed by atoms with van der Waals surface area (Å²) in [6.07, 6.45) is 5.79. The van der Waals surface area contributed by atoms with E-state index in [0.717, 1.165) is 31.6 Å². The van der Waals surface area contributed by atoms with Gasteiger partial charge in [-0.2, -0.15) is 0 Å². The summed E-state index contributed by atoms with van der Waals surface area (Å²) in [5, 5.41) is 4.90. The average Bonchev–Trinajstić information content (AvgIpc) is 3.55. The van der Waals surface area contributed by atoms with Crippen molar-refractivity contribution < 1.29 is 4.79 Å². The van der Waals surface area contributed by atoms with Crippen molar-refractivity contribution in [1.82, 2.24) is 19.4 Å².